The molecule has 0 bridgehead atoms. The van der Waals surface area contributed by atoms with Gasteiger partial charge in [-0.15, -0.1) is 11.6 Å². The van der Waals surface area contributed by atoms with E-state index in [0.717, 1.165) is 36.6 Å². The minimum absolute atomic E-state index is 0.0751. The van der Waals surface area contributed by atoms with E-state index in [2.05, 4.69) is 4.90 Å². The van der Waals surface area contributed by atoms with Crippen LogP contribution in [0.1, 0.15) is 12.8 Å². The Bertz CT molecular complexity index is 477. The topological polar surface area (TPSA) is 38.8 Å². The molecule has 1 aromatic rings. The molecule has 2 aliphatic rings. The van der Waals surface area contributed by atoms with Gasteiger partial charge in [0, 0.05) is 18.3 Å². The molecule has 1 aromatic carbocycles. The molecule has 0 saturated carbocycles. The molecule has 0 aromatic heterocycles. The van der Waals surface area contributed by atoms with E-state index in [1.54, 1.807) is 0 Å². The summed E-state index contributed by atoms with van der Waals surface area (Å²) in [5.74, 6) is 1.67. The summed E-state index contributed by atoms with van der Waals surface area (Å²) >= 11 is 5.66. The molecule has 0 spiro atoms. The first-order valence-corrected chi connectivity index (χ1v) is 6.58. The van der Waals surface area contributed by atoms with Gasteiger partial charge in [0.2, 0.25) is 6.79 Å². The molecule has 1 atom stereocenters. The van der Waals surface area contributed by atoms with E-state index < -0.39 is 0 Å². The van der Waals surface area contributed by atoms with Gasteiger partial charge in [0.05, 0.1) is 11.9 Å². The zero-order valence-electron chi connectivity index (χ0n) is 9.89. The Morgan fingerprint density at radius 3 is 3.06 bits per heavy atom. The fourth-order valence-electron chi connectivity index (χ4n) is 2.56. The molecule has 1 fully saturated rings. The van der Waals surface area contributed by atoms with Gasteiger partial charge in [0.25, 0.3) is 0 Å². The van der Waals surface area contributed by atoms with E-state index in [1.165, 1.54) is 0 Å². The lowest BCUT2D eigenvalue weighted by Crippen LogP contribution is -2.36. The van der Waals surface area contributed by atoms with Gasteiger partial charge in [-0.2, -0.15) is 0 Å². The summed E-state index contributed by atoms with van der Waals surface area (Å²) < 4.78 is 10.6. The first-order chi connectivity index (χ1) is 8.79. The van der Waals surface area contributed by atoms with E-state index in [0.29, 0.717) is 0 Å². The fourth-order valence-corrected chi connectivity index (χ4v) is 2.74. The Morgan fingerprint density at radius 2 is 2.22 bits per heavy atom. The van der Waals surface area contributed by atoms with Gasteiger partial charge in [0.15, 0.2) is 17.3 Å². The summed E-state index contributed by atoms with van der Waals surface area (Å²) in [6.45, 7) is 1.15. The van der Waals surface area contributed by atoms with E-state index >= 15 is 0 Å². The molecule has 2 heterocycles. The third-order valence-corrected chi connectivity index (χ3v) is 3.71. The van der Waals surface area contributed by atoms with Crippen molar-refractivity contribution >= 4 is 23.1 Å². The average Bonchev–Trinajstić information content (AvgIpc) is 3.05. The predicted molar refractivity (Wildman–Crippen MR) is 68.7 cm³/mol. The number of anilines is 1. The zero-order valence-corrected chi connectivity index (χ0v) is 10.7. The number of fused-ring (bicyclic) bond motifs is 1. The number of ether oxygens (including phenoxy) is 2. The fraction of sp³-hybridized carbons (Fsp3) is 0.462. The number of ketones is 1. The Morgan fingerprint density at radius 1 is 1.39 bits per heavy atom. The van der Waals surface area contributed by atoms with Crippen LogP contribution in [0.5, 0.6) is 11.5 Å². The van der Waals surface area contributed by atoms with E-state index in [4.69, 9.17) is 21.1 Å². The molecule has 1 saturated heterocycles. The van der Waals surface area contributed by atoms with Crippen LogP contribution >= 0.6 is 11.6 Å². The number of carbonyl (C=O) groups is 1. The number of alkyl halides is 1. The maximum Gasteiger partial charge on any atom is 0.231 e. The van der Waals surface area contributed by atoms with Crippen LogP contribution in [0.25, 0.3) is 0 Å². The highest BCUT2D eigenvalue weighted by Gasteiger charge is 2.30. The van der Waals surface area contributed by atoms with Crippen molar-refractivity contribution in [2.45, 2.75) is 18.9 Å². The van der Waals surface area contributed by atoms with Crippen molar-refractivity contribution in [1.29, 1.82) is 0 Å². The molecule has 0 radical (unpaired) electrons. The zero-order chi connectivity index (χ0) is 12.5. The lowest BCUT2D eigenvalue weighted by molar-refractivity contribution is -0.117. The summed E-state index contributed by atoms with van der Waals surface area (Å²) in [5, 5.41) is 0. The van der Waals surface area contributed by atoms with Crippen LogP contribution in [0.2, 0.25) is 0 Å². The van der Waals surface area contributed by atoms with Crippen molar-refractivity contribution in [3.05, 3.63) is 18.2 Å². The molecule has 2 aliphatic heterocycles. The van der Waals surface area contributed by atoms with Crippen LogP contribution in [-0.4, -0.2) is 31.0 Å². The highest BCUT2D eigenvalue weighted by atomic mass is 35.5. The maximum atomic E-state index is 11.8. The number of benzene rings is 1. The summed E-state index contributed by atoms with van der Waals surface area (Å²) in [6.07, 6.45) is 1.89. The number of hydrogen-bond acceptors (Lipinski definition) is 4. The Labute approximate surface area is 110 Å². The molecule has 4 nitrogen and oxygen atoms in total. The third kappa shape index (κ3) is 1.90. The SMILES string of the molecule is O=C(CCl)[C@H]1CCCN1c1ccc2c(c1)OCO2. The standard InChI is InChI=1S/C13H14ClNO3/c14-7-11(16)10-2-1-5-15(10)9-3-4-12-13(6-9)18-8-17-12/h3-4,6,10H,1-2,5,7-8H2/t10-/m1/s1. The summed E-state index contributed by atoms with van der Waals surface area (Å²) in [5.41, 5.74) is 1.00. The molecule has 3 rings (SSSR count). The van der Waals surface area contributed by atoms with Gasteiger partial charge in [-0.05, 0) is 25.0 Å². The molecular weight excluding hydrogens is 254 g/mol. The third-order valence-electron chi connectivity index (χ3n) is 3.44. The summed E-state index contributed by atoms with van der Waals surface area (Å²) in [7, 11) is 0. The van der Waals surface area contributed by atoms with Crippen LogP contribution < -0.4 is 14.4 Å². The lowest BCUT2D eigenvalue weighted by atomic mass is 10.1. The number of hydrogen-bond donors (Lipinski definition) is 0. The van der Waals surface area contributed by atoms with Gasteiger partial charge < -0.3 is 14.4 Å². The number of Topliss-reactive ketones (excluding diaryl/α,β-unsaturated/α-hetero) is 1. The molecule has 18 heavy (non-hydrogen) atoms. The van der Waals surface area contributed by atoms with Crippen LogP contribution in [0, 0.1) is 0 Å². The van der Waals surface area contributed by atoms with Crippen molar-refractivity contribution in [1.82, 2.24) is 0 Å². The minimum Gasteiger partial charge on any atom is -0.454 e. The molecule has 0 N–H and O–H groups in total. The van der Waals surface area contributed by atoms with E-state index in [-0.39, 0.29) is 24.5 Å². The van der Waals surface area contributed by atoms with Crippen LogP contribution in [0.15, 0.2) is 18.2 Å². The van der Waals surface area contributed by atoms with Crippen molar-refractivity contribution in [3.8, 4) is 11.5 Å². The summed E-state index contributed by atoms with van der Waals surface area (Å²) in [4.78, 5) is 13.9. The van der Waals surface area contributed by atoms with Gasteiger partial charge >= 0.3 is 0 Å². The van der Waals surface area contributed by atoms with Crippen LogP contribution in [0.3, 0.4) is 0 Å². The van der Waals surface area contributed by atoms with E-state index in [9.17, 15) is 4.79 Å². The van der Waals surface area contributed by atoms with Crippen molar-refractivity contribution < 1.29 is 14.3 Å². The molecule has 96 valence electrons. The number of halogens is 1. The van der Waals surface area contributed by atoms with Gasteiger partial charge in [-0.25, -0.2) is 0 Å². The minimum atomic E-state index is -0.0946. The maximum absolute atomic E-state index is 11.8. The molecule has 0 aliphatic carbocycles. The average molecular weight is 268 g/mol. The van der Waals surface area contributed by atoms with Crippen molar-refractivity contribution in [3.63, 3.8) is 0 Å². The second-order valence-electron chi connectivity index (χ2n) is 4.49. The Kier molecular flexibility index (Phi) is 3.04. The number of carbonyl (C=O) groups excluding carboxylic acids is 1. The lowest BCUT2D eigenvalue weighted by Gasteiger charge is -2.25. The second-order valence-corrected chi connectivity index (χ2v) is 4.76. The normalized spacial score (nSPS) is 21.4. The molecular formula is C13H14ClNO3. The first kappa shape index (κ1) is 11.7. The van der Waals surface area contributed by atoms with E-state index in [1.807, 2.05) is 18.2 Å². The largest absolute Gasteiger partial charge is 0.454 e. The van der Waals surface area contributed by atoms with Crippen molar-refractivity contribution in [2.75, 3.05) is 24.1 Å². The monoisotopic (exact) mass is 267 g/mol. The highest BCUT2D eigenvalue weighted by molar-refractivity contribution is 6.28. The first-order valence-electron chi connectivity index (χ1n) is 6.04. The smallest absolute Gasteiger partial charge is 0.231 e. The van der Waals surface area contributed by atoms with Gasteiger partial charge in [0.1, 0.15) is 0 Å². The summed E-state index contributed by atoms with van der Waals surface area (Å²) in [6, 6.07) is 5.69. The highest BCUT2D eigenvalue weighted by Crippen LogP contribution is 2.37. The second kappa shape index (κ2) is 4.69. The van der Waals surface area contributed by atoms with Crippen LogP contribution in [-0.2, 0) is 4.79 Å². The Hall–Kier alpha value is -1.42. The molecule has 0 unspecified atom stereocenters. The predicted octanol–water partition coefficient (Wildman–Crippen LogP) is 2.19. The Balaban J connectivity index is 1.87. The van der Waals surface area contributed by atoms with Crippen molar-refractivity contribution in [2.24, 2.45) is 0 Å². The van der Waals surface area contributed by atoms with Crippen LogP contribution in [0.4, 0.5) is 5.69 Å². The number of rotatable bonds is 3. The molecule has 5 heteroatoms. The van der Waals surface area contributed by atoms with Gasteiger partial charge in [-0.1, -0.05) is 0 Å². The number of nitrogens with zero attached hydrogens (tertiary/aromatic N) is 1. The molecule has 0 amide bonds. The quantitative estimate of drug-likeness (QED) is 0.787. The van der Waals surface area contributed by atoms with Gasteiger partial charge in [-0.3, -0.25) is 4.79 Å².